The molecule has 0 aliphatic carbocycles. The van der Waals surface area contributed by atoms with Crippen LogP contribution in [0.15, 0.2) is 42.5 Å². The quantitative estimate of drug-likeness (QED) is 0.877. The van der Waals surface area contributed by atoms with Crippen LogP contribution in [0.5, 0.6) is 11.5 Å². The minimum atomic E-state index is -0.404. The van der Waals surface area contributed by atoms with Crippen LogP contribution in [0.25, 0.3) is 0 Å². The molecule has 2 nitrogen and oxygen atoms in total. The molecule has 0 saturated carbocycles. The Morgan fingerprint density at radius 3 is 2.65 bits per heavy atom. The number of benzene rings is 2. The molecule has 4 heteroatoms. The van der Waals surface area contributed by atoms with E-state index >= 15 is 0 Å². The van der Waals surface area contributed by atoms with Crippen LogP contribution in [0.3, 0.4) is 0 Å². The fourth-order valence-electron chi connectivity index (χ4n) is 1.86. The molecule has 0 fully saturated rings. The third-order valence-corrected chi connectivity index (χ3v) is 3.33. The fraction of sp³-hybridized carbons (Fsp3) is 0.250. The highest BCUT2D eigenvalue weighted by Gasteiger charge is 2.11. The minimum Gasteiger partial charge on any atom is -0.454 e. The molecule has 0 aliphatic rings. The minimum absolute atomic E-state index is 0.0409. The van der Waals surface area contributed by atoms with Crippen molar-refractivity contribution < 1.29 is 9.13 Å². The Kier molecular flexibility index (Phi) is 4.99. The van der Waals surface area contributed by atoms with Gasteiger partial charge in [-0.3, -0.25) is 0 Å². The maximum absolute atomic E-state index is 13.7. The van der Waals surface area contributed by atoms with Crippen molar-refractivity contribution in [3.8, 4) is 11.5 Å². The van der Waals surface area contributed by atoms with Gasteiger partial charge in [-0.1, -0.05) is 36.7 Å². The number of nitrogens with two attached hydrogens (primary N) is 1. The molecule has 2 N–H and O–H groups in total. The number of ether oxygens (including phenoxy) is 1. The van der Waals surface area contributed by atoms with Crippen molar-refractivity contribution in [2.24, 2.45) is 5.73 Å². The van der Waals surface area contributed by atoms with Crippen LogP contribution >= 0.6 is 11.6 Å². The van der Waals surface area contributed by atoms with Crippen LogP contribution in [0.4, 0.5) is 4.39 Å². The molecular weight excluding hydrogens is 277 g/mol. The van der Waals surface area contributed by atoms with Gasteiger partial charge in [-0.15, -0.1) is 0 Å². The van der Waals surface area contributed by atoms with Crippen LogP contribution in [-0.4, -0.2) is 6.04 Å². The normalized spacial score (nSPS) is 12.2. The fourth-order valence-corrected chi connectivity index (χ4v) is 2.03. The van der Waals surface area contributed by atoms with E-state index in [9.17, 15) is 4.39 Å². The van der Waals surface area contributed by atoms with Crippen molar-refractivity contribution in [1.29, 1.82) is 0 Å². The molecule has 1 atom stereocenters. The lowest BCUT2D eigenvalue weighted by Gasteiger charge is -2.15. The first-order valence-electron chi connectivity index (χ1n) is 6.56. The lowest BCUT2D eigenvalue weighted by molar-refractivity contribution is 0.435. The molecule has 0 bridgehead atoms. The van der Waals surface area contributed by atoms with E-state index < -0.39 is 5.82 Å². The molecule has 0 saturated heterocycles. The average Bonchev–Trinajstić information content (AvgIpc) is 2.44. The largest absolute Gasteiger partial charge is 0.454 e. The lowest BCUT2D eigenvalue weighted by atomic mass is 10.0. The van der Waals surface area contributed by atoms with Gasteiger partial charge in [-0.2, -0.15) is 0 Å². The van der Waals surface area contributed by atoms with Crippen molar-refractivity contribution >= 4 is 11.6 Å². The molecule has 0 amide bonds. The van der Waals surface area contributed by atoms with Crippen molar-refractivity contribution in [3.63, 3.8) is 0 Å². The van der Waals surface area contributed by atoms with Crippen LogP contribution in [0.1, 0.15) is 18.9 Å². The lowest BCUT2D eigenvalue weighted by Crippen LogP contribution is -2.21. The van der Waals surface area contributed by atoms with Gasteiger partial charge < -0.3 is 10.5 Å². The molecule has 2 rings (SSSR count). The topological polar surface area (TPSA) is 35.2 Å². The molecule has 106 valence electrons. The van der Waals surface area contributed by atoms with E-state index in [1.165, 1.54) is 6.07 Å². The Morgan fingerprint density at radius 1 is 1.20 bits per heavy atom. The third-order valence-electron chi connectivity index (χ3n) is 3.09. The third kappa shape index (κ3) is 3.71. The maximum Gasteiger partial charge on any atom is 0.165 e. The van der Waals surface area contributed by atoms with Crippen LogP contribution < -0.4 is 10.5 Å². The molecule has 0 aromatic heterocycles. The second-order valence-electron chi connectivity index (χ2n) is 4.66. The molecule has 2 aromatic carbocycles. The first kappa shape index (κ1) is 14.8. The molecule has 0 aliphatic heterocycles. The summed E-state index contributed by atoms with van der Waals surface area (Å²) in [5, 5.41) is 0.546. The van der Waals surface area contributed by atoms with Gasteiger partial charge in [0.15, 0.2) is 11.6 Å². The Hall–Kier alpha value is -1.58. The molecular formula is C16H17ClFNO. The predicted molar refractivity (Wildman–Crippen MR) is 79.9 cm³/mol. The van der Waals surface area contributed by atoms with Crippen molar-refractivity contribution in [1.82, 2.24) is 0 Å². The van der Waals surface area contributed by atoms with Gasteiger partial charge in [0.1, 0.15) is 5.75 Å². The van der Waals surface area contributed by atoms with Crippen molar-refractivity contribution in [2.45, 2.75) is 25.8 Å². The van der Waals surface area contributed by atoms with Gasteiger partial charge in [0.2, 0.25) is 0 Å². The predicted octanol–water partition coefficient (Wildman–Crippen LogP) is 4.55. The van der Waals surface area contributed by atoms with Gasteiger partial charge in [0, 0.05) is 11.1 Å². The zero-order valence-electron chi connectivity index (χ0n) is 11.3. The average molecular weight is 294 g/mol. The molecule has 20 heavy (non-hydrogen) atoms. The number of rotatable bonds is 5. The highest BCUT2D eigenvalue weighted by atomic mass is 35.5. The van der Waals surface area contributed by atoms with Crippen LogP contribution in [0.2, 0.25) is 5.02 Å². The SMILES string of the molecule is CCC(N)Cc1ccc(Cl)cc1Oc1ccccc1F. The summed E-state index contributed by atoms with van der Waals surface area (Å²) in [6, 6.07) is 11.7. The molecule has 0 heterocycles. The summed E-state index contributed by atoms with van der Waals surface area (Å²) in [5.74, 6) is 0.325. The second-order valence-corrected chi connectivity index (χ2v) is 5.09. The first-order valence-corrected chi connectivity index (χ1v) is 6.94. The first-order chi connectivity index (χ1) is 9.60. The van der Waals surface area contributed by atoms with Crippen molar-refractivity contribution in [3.05, 3.63) is 58.9 Å². The summed E-state index contributed by atoms with van der Waals surface area (Å²) >= 11 is 5.99. The van der Waals surface area contributed by atoms with E-state index in [0.29, 0.717) is 17.2 Å². The highest BCUT2D eigenvalue weighted by Crippen LogP contribution is 2.30. The molecule has 1 unspecified atom stereocenters. The summed E-state index contributed by atoms with van der Waals surface area (Å²) in [4.78, 5) is 0. The standard InChI is InChI=1S/C16H17ClFNO/c1-2-13(19)9-11-7-8-12(17)10-16(11)20-15-6-4-3-5-14(15)18/h3-8,10,13H,2,9,19H2,1H3. The number of halogens is 2. The maximum atomic E-state index is 13.7. The van der Waals surface area contributed by atoms with E-state index in [0.717, 1.165) is 12.0 Å². The van der Waals surface area contributed by atoms with E-state index in [1.807, 2.05) is 13.0 Å². The van der Waals surface area contributed by atoms with Crippen LogP contribution in [0, 0.1) is 5.82 Å². The smallest absolute Gasteiger partial charge is 0.165 e. The summed E-state index contributed by atoms with van der Waals surface area (Å²) in [6.45, 7) is 2.03. The van der Waals surface area contributed by atoms with Gasteiger partial charge >= 0.3 is 0 Å². The Bertz CT molecular complexity index is 588. The summed E-state index contributed by atoms with van der Waals surface area (Å²) in [5.41, 5.74) is 6.90. The molecule has 0 radical (unpaired) electrons. The summed E-state index contributed by atoms with van der Waals surface area (Å²) in [7, 11) is 0. The van der Waals surface area contributed by atoms with E-state index in [-0.39, 0.29) is 11.8 Å². The molecule has 0 spiro atoms. The van der Waals surface area contributed by atoms with E-state index in [2.05, 4.69) is 0 Å². The van der Waals surface area contributed by atoms with Gasteiger partial charge in [0.25, 0.3) is 0 Å². The second kappa shape index (κ2) is 6.73. The molecule has 2 aromatic rings. The van der Waals surface area contributed by atoms with Gasteiger partial charge in [-0.05, 0) is 42.7 Å². The van der Waals surface area contributed by atoms with Crippen molar-refractivity contribution in [2.75, 3.05) is 0 Å². The van der Waals surface area contributed by atoms with Gasteiger partial charge in [0.05, 0.1) is 0 Å². The number of hydrogen-bond acceptors (Lipinski definition) is 2. The summed E-state index contributed by atoms with van der Waals surface area (Å²) < 4.78 is 19.3. The zero-order valence-corrected chi connectivity index (χ0v) is 12.0. The highest BCUT2D eigenvalue weighted by molar-refractivity contribution is 6.30. The number of hydrogen-bond donors (Lipinski definition) is 1. The zero-order chi connectivity index (χ0) is 14.5. The monoisotopic (exact) mass is 293 g/mol. The Balaban J connectivity index is 2.30. The van der Waals surface area contributed by atoms with Gasteiger partial charge in [-0.25, -0.2) is 4.39 Å². The Labute approximate surface area is 123 Å². The van der Waals surface area contributed by atoms with E-state index in [1.54, 1.807) is 30.3 Å². The number of para-hydroxylation sites is 1. The Morgan fingerprint density at radius 2 is 1.95 bits per heavy atom. The summed E-state index contributed by atoms with van der Waals surface area (Å²) in [6.07, 6.45) is 1.53. The van der Waals surface area contributed by atoms with E-state index in [4.69, 9.17) is 22.1 Å². The van der Waals surface area contributed by atoms with Crippen LogP contribution in [-0.2, 0) is 6.42 Å².